The Balaban J connectivity index is 0.00000364. The average Bonchev–Trinajstić information content (AvgIpc) is 2.70. The first kappa shape index (κ1) is 22.7. The van der Waals surface area contributed by atoms with Crippen molar-refractivity contribution >= 4 is 35.6 Å². The highest BCUT2D eigenvalue weighted by atomic mass is 127. The van der Waals surface area contributed by atoms with Gasteiger partial charge in [0.2, 0.25) is 0 Å². The minimum atomic E-state index is 0. The van der Waals surface area contributed by atoms with Gasteiger partial charge in [0.15, 0.2) is 17.5 Å². The largest absolute Gasteiger partial charge is 0.497 e. The fraction of sp³-hybridized carbons (Fsp3) is 0.316. The molecule has 2 aromatic carbocycles. The Morgan fingerprint density at radius 1 is 0.852 bits per heavy atom. The molecule has 0 aliphatic carbocycles. The second-order valence-corrected chi connectivity index (χ2v) is 5.30. The molecule has 0 unspecified atom stereocenters. The molecule has 0 amide bonds. The molecule has 2 aromatic rings. The zero-order chi connectivity index (χ0) is 18.9. The molecule has 0 saturated carbocycles. The number of rotatable bonds is 7. The van der Waals surface area contributed by atoms with Crippen molar-refractivity contribution in [3.05, 3.63) is 42.0 Å². The molecule has 0 bridgehead atoms. The topological polar surface area (TPSA) is 73.3 Å². The van der Waals surface area contributed by atoms with E-state index in [1.807, 2.05) is 36.4 Å². The van der Waals surface area contributed by atoms with Crippen molar-refractivity contribution in [1.29, 1.82) is 0 Å². The number of guanidine groups is 1. The highest BCUT2D eigenvalue weighted by molar-refractivity contribution is 14.0. The van der Waals surface area contributed by atoms with E-state index in [1.54, 1.807) is 35.5 Å². The molecule has 0 aromatic heterocycles. The summed E-state index contributed by atoms with van der Waals surface area (Å²) in [4.78, 5) is 4.24. The Bertz CT molecular complexity index is 769. The van der Waals surface area contributed by atoms with Gasteiger partial charge in [0, 0.05) is 37.0 Å². The summed E-state index contributed by atoms with van der Waals surface area (Å²) in [5, 5.41) is 6.48. The predicted octanol–water partition coefficient (Wildman–Crippen LogP) is 3.53. The zero-order valence-electron chi connectivity index (χ0n) is 16.2. The van der Waals surface area contributed by atoms with E-state index in [0.717, 1.165) is 22.7 Å². The number of methoxy groups -OCH3 is 4. The van der Waals surface area contributed by atoms with E-state index in [4.69, 9.17) is 18.9 Å². The fourth-order valence-corrected chi connectivity index (χ4v) is 2.41. The molecular formula is C19H26IN3O4. The van der Waals surface area contributed by atoms with Crippen LogP contribution in [0.4, 0.5) is 5.69 Å². The summed E-state index contributed by atoms with van der Waals surface area (Å²) in [5.41, 5.74) is 1.82. The Morgan fingerprint density at radius 3 is 2.15 bits per heavy atom. The SMILES string of the molecule is CN=C(NCc1ccc(OC)cc1OC)Nc1ccc(OC)c(OC)c1.I. The molecule has 8 heteroatoms. The molecule has 0 heterocycles. The van der Waals surface area contributed by atoms with Crippen LogP contribution in [0, 0.1) is 0 Å². The maximum absolute atomic E-state index is 5.42. The zero-order valence-corrected chi connectivity index (χ0v) is 18.5. The number of benzene rings is 2. The van der Waals surface area contributed by atoms with Crippen molar-refractivity contribution in [2.24, 2.45) is 4.99 Å². The van der Waals surface area contributed by atoms with Crippen LogP contribution in [-0.4, -0.2) is 41.4 Å². The van der Waals surface area contributed by atoms with E-state index in [-0.39, 0.29) is 24.0 Å². The third-order valence-electron chi connectivity index (χ3n) is 3.81. The standard InChI is InChI=1S/C19H25N3O4.HI/c1-20-19(22-14-7-9-16(24-3)18(10-14)26-5)21-12-13-6-8-15(23-2)11-17(13)25-4;/h6-11H,12H2,1-5H3,(H2,20,21,22);1H. The number of hydrogen-bond donors (Lipinski definition) is 2. The van der Waals surface area contributed by atoms with Crippen LogP contribution in [-0.2, 0) is 6.54 Å². The molecule has 148 valence electrons. The fourth-order valence-electron chi connectivity index (χ4n) is 2.41. The Hall–Kier alpha value is -2.36. The molecule has 0 spiro atoms. The minimum absolute atomic E-state index is 0. The van der Waals surface area contributed by atoms with Gasteiger partial charge < -0.3 is 29.6 Å². The quantitative estimate of drug-likeness (QED) is 0.354. The first-order valence-corrected chi connectivity index (χ1v) is 8.05. The van der Waals surface area contributed by atoms with Crippen molar-refractivity contribution in [3.8, 4) is 23.0 Å². The molecule has 0 saturated heterocycles. The number of nitrogens with zero attached hydrogens (tertiary/aromatic N) is 1. The third-order valence-corrected chi connectivity index (χ3v) is 3.81. The Kier molecular flexibility index (Phi) is 9.55. The van der Waals surface area contributed by atoms with Crippen molar-refractivity contribution in [1.82, 2.24) is 5.32 Å². The summed E-state index contributed by atoms with van der Waals surface area (Å²) in [5.74, 6) is 3.43. The van der Waals surface area contributed by atoms with E-state index < -0.39 is 0 Å². The van der Waals surface area contributed by atoms with Crippen LogP contribution in [0.25, 0.3) is 0 Å². The molecule has 7 nitrogen and oxygen atoms in total. The molecule has 0 fully saturated rings. The van der Waals surface area contributed by atoms with Crippen LogP contribution in [0.15, 0.2) is 41.4 Å². The molecule has 0 aliphatic heterocycles. The average molecular weight is 487 g/mol. The van der Waals surface area contributed by atoms with Crippen LogP contribution < -0.4 is 29.6 Å². The molecule has 2 N–H and O–H groups in total. The van der Waals surface area contributed by atoms with Gasteiger partial charge in [-0.1, -0.05) is 0 Å². The number of ether oxygens (including phenoxy) is 4. The molecule has 0 aliphatic rings. The van der Waals surface area contributed by atoms with Gasteiger partial charge in [0.05, 0.1) is 28.4 Å². The second-order valence-electron chi connectivity index (χ2n) is 5.30. The van der Waals surface area contributed by atoms with E-state index in [2.05, 4.69) is 15.6 Å². The number of halogens is 1. The van der Waals surface area contributed by atoms with Crippen molar-refractivity contribution in [2.75, 3.05) is 40.8 Å². The monoisotopic (exact) mass is 487 g/mol. The Morgan fingerprint density at radius 2 is 1.56 bits per heavy atom. The van der Waals surface area contributed by atoms with E-state index in [0.29, 0.717) is 24.0 Å². The molecule has 0 radical (unpaired) electrons. The normalized spacial score (nSPS) is 10.5. The van der Waals surface area contributed by atoms with Crippen molar-refractivity contribution in [3.63, 3.8) is 0 Å². The molecule has 0 atom stereocenters. The van der Waals surface area contributed by atoms with Gasteiger partial charge in [-0.3, -0.25) is 4.99 Å². The maximum atomic E-state index is 5.42. The van der Waals surface area contributed by atoms with Gasteiger partial charge in [0.25, 0.3) is 0 Å². The van der Waals surface area contributed by atoms with Crippen LogP contribution in [0.1, 0.15) is 5.56 Å². The highest BCUT2D eigenvalue weighted by Gasteiger charge is 2.08. The number of nitrogens with one attached hydrogen (secondary N) is 2. The maximum Gasteiger partial charge on any atom is 0.195 e. The van der Waals surface area contributed by atoms with Crippen LogP contribution in [0.5, 0.6) is 23.0 Å². The summed E-state index contributed by atoms with van der Waals surface area (Å²) in [6.07, 6.45) is 0. The summed E-state index contributed by atoms with van der Waals surface area (Å²) >= 11 is 0. The summed E-state index contributed by atoms with van der Waals surface area (Å²) in [7, 11) is 8.18. The smallest absolute Gasteiger partial charge is 0.195 e. The first-order valence-electron chi connectivity index (χ1n) is 8.05. The van der Waals surface area contributed by atoms with Crippen molar-refractivity contribution in [2.45, 2.75) is 6.54 Å². The second kappa shape index (κ2) is 11.4. The van der Waals surface area contributed by atoms with E-state index >= 15 is 0 Å². The molecular weight excluding hydrogens is 461 g/mol. The van der Waals surface area contributed by atoms with E-state index in [1.165, 1.54) is 0 Å². The first-order chi connectivity index (χ1) is 12.6. The van der Waals surface area contributed by atoms with Crippen LogP contribution >= 0.6 is 24.0 Å². The summed E-state index contributed by atoms with van der Waals surface area (Å²) < 4.78 is 21.2. The molecule has 2 rings (SSSR count). The lowest BCUT2D eigenvalue weighted by Gasteiger charge is -2.15. The van der Waals surface area contributed by atoms with Gasteiger partial charge in [-0.2, -0.15) is 0 Å². The third kappa shape index (κ3) is 6.09. The number of aliphatic imine (C=N–C) groups is 1. The number of anilines is 1. The van der Waals surface area contributed by atoms with Crippen LogP contribution in [0.2, 0.25) is 0 Å². The van der Waals surface area contributed by atoms with Gasteiger partial charge in [-0.15, -0.1) is 24.0 Å². The lowest BCUT2D eigenvalue weighted by Crippen LogP contribution is -2.30. The predicted molar refractivity (Wildman–Crippen MR) is 118 cm³/mol. The summed E-state index contributed by atoms with van der Waals surface area (Å²) in [6.45, 7) is 0.542. The molecule has 27 heavy (non-hydrogen) atoms. The van der Waals surface area contributed by atoms with Gasteiger partial charge >= 0.3 is 0 Å². The van der Waals surface area contributed by atoms with Gasteiger partial charge in [-0.25, -0.2) is 0 Å². The Labute approximate surface area is 177 Å². The number of hydrogen-bond acceptors (Lipinski definition) is 5. The lowest BCUT2D eigenvalue weighted by atomic mass is 10.2. The minimum Gasteiger partial charge on any atom is -0.497 e. The van der Waals surface area contributed by atoms with Crippen LogP contribution in [0.3, 0.4) is 0 Å². The van der Waals surface area contributed by atoms with E-state index in [9.17, 15) is 0 Å². The summed E-state index contributed by atoms with van der Waals surface area (Å²) in [6, 6.07) is 11.3. The van der Waals surface area contributed by atoms with Crippen molar-refractivity contribution < 1.29 is 18.9 Å². The lowest BCUT2D eigenvalue weighted by molar-refractivity contribution is 0.355. The highest BCUT2D eigenvalue weighted by Crippen LogP contribution is 2.29. The van der Waals surface area contributed by atoms with Gasteiger partial charge in [0.1, 0.15) is 11.5 Å². The van der Waals surface area contributed by atoms with Gasteiger partial charge in [-0.05, 0) is 24.3 Å².